The average Bonchev–Trinajstić information content (AvgIpc) is 2.86. The summed E-state index contributed by atoms with van der Waals surface area (Å²) in [6.07, 6.45) is 1.98. The van der Waals surface area contributed by atoms with E-state index in [4.69, 9.17) is 0 Å². The van der Waals surface area contributed by atoms with Crippen LogP contribution in [0.5, 0.6) is 0 Å². The van der Waals surface area contributed by atoms with Crippen LogP contribution in [0.2, 0.25) is 0 Å². The number of aliphatic hydroxyl groups excluding tert-OH is 1. The van der Waals surface area contributed by atoms with Crippen molar-refractivity contribution in [1.29, 1.82) is 0 Å². The maximum atomic E-state index is 9.28. The van der Waals surface area contributed by atoms with Gasteiger partial charge in [-0.15, -0.1) is 0 Å². The average molecular weight is 248 g/mol. The molecule has 0 amide bonds. The first-order valence-corrected chi connectivity index (χ1v) is 6.20. The van der Waals surface area contributed by atoms with Crippen molar-refractivity contribution >= 4 is 0 Å². The lowest BCUT2D eigenvalue weighted by molar-refractivity contribution is 0.280. The van der Waals surface area contributed by atoms with Crippen LogP contribution in [0, 0.1) is 13.8 Å². The van der Waals surface area contributed by atoms with Crippen molar-refractivity contribution in [3.63, 3.8) is 0 Å². The van der Waals surface area contributed by atoms with Gasteiger partial charge in [-0.25, -0.2) is 0 Å². The summed E-state index contributed by atoms with van der Waals surface area (Å²) in [4.78, 5) is 0. The van der Waals surface area contributed by atoms with Crippen LogP contribution in [0.15, 0.2) is 12.3 Å². The molecule has 2 heterocycles. The molecule has 1 N–H and O–H groups in total. The Morgan fingerprint density at radius 3 is 2.50 bits per heavy atom. The van der Waals surface area contributed by atoms with E-state index in [1.165, 1.54) is 0 Å². The Balaban J connectivity index is 2.23. The highest BCUT2D eigenvalue weighted by Gasteiger charge is 2.11. The van der Waals surface area contributed by atoms with Gasteiger partial charge in [-0.1, -0.05) is 0 Å². The molecule has 5 nitrogen and oxygen atoms in total. The van der Waals surface area contributed by atoms with Crippen molar-refractivity contribution in [1.82, 2.24) is 19.6 Å². The second-order valence-electron chi connectivity index (χ2n) is 4.85. The second-order valence-corrected chi connectivity index (χ2v) is 4.85. The van der Waals surface area contributed by atoms with Gasteiger partial charge in [0.1, 0.15) is 0 Å². The van der Waals surface area contributed by atoms with Crippen molar-refractivity contribution in [3.05, 3.63) is 34.9 Å². The second kappa shape index (κ2) is 4.94. The number of aliphatic hydroxyl groups is 1. The van der Waals surface area contributed by atoms with E-state index in [0.29, 0.717) is 12.6 Å². The third kappa shape index (κ3) is 2.31. The molecule has 0 saturated carbocycles. The molecule has 2 aromatic rings. The maximum absolute atomic E-state index is 9.28. The number of hydrogen-bond donors (Lipinski definition) is 1. The molecular formula is C13H20N4O. The van der Waals surface area contributed by atoms with Crippen molar-refractivity contribution in [3.8, 4) is 0 Å². The fraction of sp³-hybridized carbons (Fsp3) is 0.538. The van der Waals surface area contributed by atoms with Gasteiger partial charge in [0.05, 0.1) is 24.5 Å². The van der Waals surface area contributed by atoms with Gasteiger partial charge < -0.3 is 5.11 Å². The Bertz CT molecular complexity index is 539. The SMILES string of the molecule is Cc1nn(Cc2ccn(C(C)C)n2)c(C)c1CO. The van der Waals surface area contributed by atoms with E-state index in [2.05, 4.69) is 24.0 Å². The van der Waals surface area contributed by atoms with E-state index in [1.807, 2.05) is 35.5 Å². The molecule has 0 fully saturated rings. The van der Waals surface area contributed by atoms with E-state index in [0.717, 1.165) is 22.6 Å². The van der Waals surface area contributed by atoms with Crippen LogP contribution in [0.3, 0.4) is 0 Å². The van der Waals surface area contributed by atoms with Crippen LogP contribution in [-0.4, -0.2) is 24.7 Å². The first kappa shape index (κ1) is 12.8. The molecule has 0 aromatic carbocycles. The number of rotatable bonds is 4. The molecule has 0 radical (unpaired) electrons. The minimum atomic E-state index is 0.0398. The van der Waals surface area contributed by atoms with E-state index in [-0.39, 0.29) is 6.61 Å². The molecule has 98 valence electrons. The van der Waals surface area contributed by atoms with Crippen molar-refractivity contribution in [2.24, 2.45) is 0 Å². The van der Waals surface area contributed by atoms with Crippen LogP contribution < -0.4 is 0 Å². The molecule has 2 aromatic heterocycles. The van der Waals surface area contributed by atoms with Gasteiger partial charge in [0.2, 0.25) is 0 Å². The van der Waals surface area contributed by atoms with E-state index < -0.39 is 0 Å². The molecule has 0 atom stereocenters. The first-order chi connectivity index (χ1) is 8.52. The standard InChI is InChI=1S/C13H20N4O/c1-9(2)16-6-5-12(15-16)7-17-11(4)13(8-18)10(3)14-17/h5-6,9,18H,7-8H2,1-4H3. The molecule has 0 unspecified atom stereocenters. The van der Waals surface area contributed by atoms with Gasteiger partial charge in [0, 0.05) is 23.5 Å². The smallest absolute Gasteiger partial charge is 0.0853 e. The molecular weight excluding hydrogens is 228 g/mol. The van der Waals surface area contributed by atoms with E-state index >= 15 is 0 Å². The van der Waals surface area contributed by atoms with Crippen molar-refractivity contribution in [2.45, 2.75) is 46.9 Å². The molecule has 0 aliphatic carbocycles. The maximum Gasteiger partial charge on any atom is 0.0853 e. The first-order valence-electron chi connectivity index (χ1n) is 6.20. The van der Waals surface area contributed by atoms with E-state index in [9.17, 15) is 5.11 Å². The predicted molar refractivity (Wildman–Crippen MR) is 69.3 cm³/mol. The van der Waals surface area contributed by atoms with Gasteiger partial charge in [-0.2, -0.15) is 10.2 Å². The zero-order valence-electron chi connectivity index (χ0n) is 11.4. The summed E-state index contributed by atoms with van der Waals surface area (Å²) in [6.45, 7) is 8.78. The fourth-order valence-electron chi connectivity index (χ4n) is 2.02. The van der Waals surface area contributed by atoms with Crippen LogP contribution in [0.4, 0.5) is 0 Å². The van der Waals surface area contributed by atoms with E-state index in [1.54, 1.807) is 0 Å². The Morgan fingerprint density at radius 1 is 1.28 bits per heavy atom. The Labute approximate surface area is 107 Å². The number of aryl methyl sites for hydroxylation is 1. The third-order valence-corrected chi connectivity index (χ3v) is 3.19. The highest BCUT2D eigenvalue weighted by Crippen LogP contribution is 2.14. The predicted octanol–water partition coefficient (Wildman–Crippen LogP) is 1.82. The Hall–Kier alpha value is -1.62. The molecule has 0 spiro atoms. The van der Waals surface area contributed by atoms with Crippen molar-refractivity contribution in [2.75, 3.05) is 0 Å². The zero-order chi connectivity index (χ0) is 13.3. The van der Waals surface area contributed by atoms with Crippen LogP contribution in [0.25, 0.3) is 0 Å². The van der Waals surface area contributed by atoms with Gasteiger partial charge in [-0.3, -0.25) is 9.36 Å². The molecule has 5 heteroatoms. The minimum Gasteiger partial charge on any atom is -0.392 e. The normalized spacial score (nSPS) is 11.4. The Kier molecular flexibility index (Phi) is 3.52. The third-order valence-electron chi connectivity index (χ3n) is 3.19. The van der Waals surface area contributed by atoms with Crippen LogP contribution in [0.1, 0.15) is 42.5 Å². The largest absolute Gasteiger partial charge is 0.392 e. The summed E-state index contributed by atoms with van der Waals surface area (Å²) in [5, 5.41) is 18.2. The summed E-state index contributed by atoms with van der Waals surface area (Å²) in [6, 6.07) is 2.38. The zero-order valence-corrected chi connectivity index (χ0v) is 11.4. The molecule has 0 saturated heterocycles. The summed E-state index contributed by atoms with van der Waals surface area (Å²) in [5.74, 6) is 0. The fourth-order valence-corrected chi connectivity index (χ4v) is 2.02. The lowest BCUT2D eigenvalue weighted by atomic mass is 10.2. The van der Waals surface area contributed by atoms with Crippen LogP contribution >= 0.6 is 0 Å². The molecule has 18 heavy (non-hydrogen) atoms. The summed E-state index contributed by atoms with van der Waals surface area (Å²) in [7, 11) is 0. The molecule has 0 aliphatic heterocycles. The quantitative estimate of drug-likeness (QED) is 0.898. The minimum absolute atomic E-state index is 0.0398. The summed E-state index contributed by atoms with van der Waals surface area (Å²) in [5.41, 5.74) is 3.80. The van der Waals surface area contributed by atoms with Crippen LogP contribution in [-0.2, 0) is 13.2 Å². The number of hydrogen-bond acceptors (Lipinski definition) is 3. The van der Waals surface area contributed by atoms with Gasteiger partial charge in [-0.05, 0) is 33.8 Å². The van der Waals surface area contributed by atoms with Gasteiger partial charge >= 0.3 is 0 Å². The monoisotopic (exact) mass is 248 g/mol. The van der Waals surface area contributed by atoms with Gasteiger partial charge in [0.15, 0.2) is 0 Å². The highest BCUT2D eigenvalue weighted by atomic mass is 16.3. The molecule has 0 aliphatic rings. The topological polar surface area (TPSA) is 55.9 Å². The van der Waals surface area contributed by atoms with Gasteiger partial charge in [0.25, 0.3) is 0 Å². The van der Waals surface area contributed by atoms with Crippen molar-refractivity contribution < 1.29 is 5.11 Å². The molecule has 2 rings (SSSR count). The molecule has 0 bridgehead atoms. The number of nitrogens with zero attached hydrogens (tertiary/aromatic N) is 4. The number of aromatic nitrogens is 4. The Morgan fingerprint density at radius 2 is 2.00 bits per heavy atom. The highest BCUT2D eigenvalue weighted by molar-refractivity contribution is 5.24. The lowest BCUT2D eigenvalue weighted by Gasteiger charge is -2.05. The summed E-state index contributed by atoms with van der Waals surface area (Å²) >= 11 is 0. The summed E-state index contributed by atoms with van der Waals surface area (Å²) < 4.78 is 3.84. The lowest BCUT2D eigenvalue weighted by Crippen LogP contribution is -2.07.